The molecule has 0 fully saturated rings. The molecule has 1 aliphatic carbocycles. The van der Waals surface area contributed by atoms with Gasteiger partial charge in [0.1, 0.15) is 0 Å². The second-order valence-electron chi connectivity index (χ2n) is 8.76. The molecule has 0 spiro atoms. The van der Waals surface area contributed by atoms with Crippen molar-refractivity contribution >= 4 is 11.7 Å². The number of aliphatic hydroxyl groups excluding tert-OH is 1. The number of carbonyl (C=O) groups is 1. The van der Waals surface area contributed by atoms with Gasteiger partial charge >= 0.3 is 5.97 Å². The van der Waals surface area contributed by atoms with Gasteiger partial charge in [-0.15, -0.1) is 0 Å². The molecule has 27 heavy (non-hydrogen) atoms. The Kier molecular flexibility index (Phi) is 5.04. The molecule has 3 rings (SSSR count). The van der Waals surface area contributed by atoms with Crippen LogP contribution >= 0.6 is 0 Å². The van der Waals surface area contributed by atoms with Crippen LogP contribution in [0.1, 0.15) is 61.2 Å². The standard InChI is InChI=1S/C23H29NO3/c1-22(2)14-20(25)23(3,4)19-13-15(5-10-18(19)22)11-12-24-17-8-6-16(7-9-17)21(26)27/h5-10,13,20,24-25H,11-12,14H2,1-4H3,(H,26,27). The van der Waals surface area contributed by atoms with E-state index < -0.39 is 5.97 Å². The van der Waals surface area contributed by atoms with Crippen LogP contribution in [0.25, 0.3) is 0 Å². The van der Waals surface area contributed by atoms with E-state index in [1.165, 1.54) is 16.7 Å². The fourth-order valence-corrected chi connectivity index (χ4v) is 3.98. The summed E-state index contributed by atoms with van der Waals surface area (Å²) in [5, 5.41) is 22.9. The molecule has 0 heterocycles. The largest absolute Gasteiger partial charge is 0.478 e. The van der Waals surface area contributed by atoms with E-state index in [-0.39, 0.29) is 16.9 Å². The molecule has 1 aliphatic rings. The number of rotatable bonds is 5. The molecule has 0 bridgehead atoms. The van der Waals surface area contributed by atoms with Crippen LogP contribution in [0.5, 0.6) is 0 Å². The van der Waals surface area contributed by atoms with Crippen molar-refractivity contribution in [2.24, 2.45) is 0 Å². The molecule has 0 aromatic heterocycles. The van der Waals surface area contributed by atoms with Gasteiger partial charge < -0.3 is 15.5 Å². The molecule has 1 unspecified atom stereocenters. The van der Waals surface area contributed by atoms with Crippen molar-refractivity contribution in [3.8, 4) is 0 Å². The van der Waals surface area contributed by atoms with Crippen molar-refractivity contribution < 1.29 is 15.0 Å². The lowest BCUT2D eigenvalue weighted by atomic mass is 9.61. The highest BCUT2D eigenvalue weighted by Gasteiger charge is 2.43. The summed E-state index contributed by atoms with van der Waals surface area (Å²) in [6.45, 7) is 9.41. The Balaban J connectivity index is 1.72. The Morgan fingerprint density at radius 1 is 1.07 bits per heavy atom. The average molecular weight is 367 g/mol. The van der Waals surface area contributed by atoms with Gasteiger partial charge in [-0.1, -0.05) is 45.9 Å². The number of hydrogen-bond donors (Lipinski definition) is 3. The first kappa shape index (κ1) is 19.4. The molecule has 0 amide bonds. The molecule has 144 valence electrons. The predicted octanol–water partition coefficient (Wildman–Crippen LogP) is 4.36. The zero-order valence-corrected chi connectivity index (χ0v) is 16.5. The Bertz CT molecular complexity index is 837. The molecule has 2 aromatic carbocycles. The van der Waals surface area contributed by atoms with Crippen molar-refractivity contribution in [2.45, 2.75) is 57.5 Å². The van der Waals surface area contributed by atoms with E-state index in [0.717, 1.165) is 25.1 Å². The monoisotopic (exact) mass is 367 g/mol. The summed E-state index contributed by atoms with van der Waals surface area (Å²) in [6.07, 6.45) is 1.29. The van der Waals surface area contributed by atoms with Crippen LogP contribution in [-0.4, -0.2) is 28.8 Å². The highest BCUT2D eigenvalue weighted by Crippen LogP contribution is 2.46. The van der Waals surface area contributed by atoms with Gasteiger partial charge in [-0.3, -0.25) is 0 Å². The second kappa shape index (κ2) is 7.01. The van der Waals surface area contributed by atoms with Gasteiger partial charge in [0.2, 0.25) is 0 Å². The molecule has 3 N–H and O–H groups in total. The number of aliphatic hydroxyl groups is 1. The first-order chi connectivity index (χ1) is 12.6. The first-order valence-electron chi connectivity index (χ1n) is 9.50. The number of nitrogens with one attached hydrogen (secondary N) is 1. The summed E-state index contributed by atoms with van der Waals surface area (Å²) >= 11 is 0. The quantitative estimate of drug-likeness (QED) is 0.734. The normalized spacial score (nSPS) is 20.0. The molecule has 4 nitrogen and oxygen atoms in total. The van der Waals surface area contributed by atoms with Gasteiger partial charge in [0.25, 0.3) is 0 Å². The van der Waals surface area contributed by atoms with Crippen LogP contribution in [0.2, 0.25) is 0 Å². The number of carboxylic acids is 1. The van der Waals surface area contributed by atoms with E-state index in [4.69, 9.17) is 5.11 Å². The van der Waals surface area contributed by atoms with Gasteiger partial charge in [0.15, 0.2) is 0 Å². The van der Waals surface area contributed by atoms with Crippen molar-refractivity contribution in [2.75, 3.05) is 11.9 Å². The molecular formula is C23H29NO3. The van der Waals surface area contributed by atoms with Crippen LogP contribution in [0.3, 0.4) is 0 Å². The van der Waals surface area contributed by atoms with Gasteiger partial charge in [0, 0.05) is 17.6 Å². The Labute approximate surface area is 161 Å². The zero-order valence-electron chi connectivity index (χ0n) is 16.5. The maximum absolute atomic E-state index is 10.9. The van der Waals surface area contributed by atoms with E-state index in [1.54, 1.807) is 24.3 Å². The summed E-state index contributed by atoms with van der Waals surface area (Å²) in [5.74, 6) is -0.914. The molecule has 1 atom stereocenters. The minimum absolute atomic E-state index is 0.0209. The van der Waals surface area contributed by atoms with E-state index >= 15 is 0 Å². The third kappa shape index (κ3) is 3.86. The number of hydrogen-bond acceptors (Lipinski definition) is 3. The van der Waals surface area contributed by atoms with Crippen LogP contribution in [0, 0.1) is 0 Å². The van der Waals surface area contributed by atoms with Crippen LogP contribution in [0.4, 0.5) is 5.69 Å². The summed E-state index contributed by atoms with van der Waals surface area (Å²) in [7, 11) is 0. The van der Waals surface area contributed by atoms with Crippen molar-refractivity contribution in [1.82, 2.24) is 0 Å². The summed E-state index contributed by atoms with van der Waals surface area (Å²) in [4.78, 5) is 10.9. The topological polar surface area (TPSA) is 69.6 Å². The lowest BCUT2D eigenvalue weighted by Gasteiger charge is -2.45. The highest BCUT2D eigenvalue weighted by molar-refractivity contribution is 5.87. The number of benzene rings is 2. The predicted molar refractivity (Wildman–Crippen MR) is 109 cm³/mol. The number of carboxylic acid groups (broad SMARTS) is 1. The highest BCUT2D eigenvalue weighted by atomic mass is 16.4. The number of anilines is 1. The molecule has 0 saturated carbocycles. The molecule has 4 heteroatoms. The fraction of sp³-hybridized carbons (Fsp3) is 0.435. The summed E-state index contributed by atoms with van der Waals surface area (Å²) in [6, 6.07) is 13.4. The van der Waals surface area contributed by atoms with Gasteiger partial charge in [-0.2, -0.15) is 0 Å². The maximum atomic E-state index is 10.9. The van der Waals surface area contributed by atoms with Gasteiger partial charge in [-0.05, 0) is 59.2 Å². The molecule has 0 aliphatic heterocycles. The summed E-state index contributed by atoms with van der Waals surface area (Å²) in [5.41, 5.74) is 4.75. The molecule has 2 aromatic rings. The lowest BCUT2D eigenvalue weighted by Crippen LogP contribution is -2.45. The van der Waals surface area contributed by atoms with Gasteiger partial charge in [-0.25, -0.2) is 4.79 Å². The van der Waals surface area contributed by atoms with E-state index in [0.29, 0.717) is 5.56 Å². The average Bonchev–Trinajstić information content (AvgIpc) is 2.60. The SMILES string of the molecule is CC1(C)CC(O)C(C)(C)c2cc(CCNc3ccc(C(=O)O)cc3)ccc21. The van der Waals surface area contributed by atoms with E-state index in [9.17, 15) is 9.90 Å². The maximum Gasteiger partial charge on any atom is 0.335 e. The third-order valence-corrected chi connectivity index (χ3v) is 5.92. The molecule has 0 radical (unpaired) electrons. The first-order valence-corrected chi connectivity index (χ1v) is 9.50. The van der Waals surface area contributed by atoms with Crippen LogP contribution < -0.4 is 5.32 Å². The van der Waals surface area contributed by atoms with Crippen molar-refractivity contribution in [3.05, 3.63) is 64.7 Å². The Morgan fingerprint density at radius 2 is 1.74 bits per heavy atom. The molecular weight excluding hydrogens is 338 g/mol. The molecule has 0 saturated heterocycles. The van der Waals surface area contributed by atoms with Crippen molar-refractivity contribution in [1.29, 1.82) is 0 Å². The van der Waals surface area contributed by atoms with Gasteiger partial charge in [0.05, 0.1) is 11.7 Å². The van der Waals surface area contributed by atoms with Crippen molar-refractivity contribution in [3.63, 3.8) is 0 Å². The smallest absolute Gasteiger partial charge is 0.335 e. The minimum Gasteiger partial charge on any atom is -0.478 e. The number of aromatic carboxylic acids is 1. The fourth-order valence-electron chi connectivity index (χ4n) is 3.98. The Hall–Kier alpha value is -2.33. The number of fused-ring (bicyclic) bond motifs is 1. The van der Waals surface area contributed by atoms with E-state index in [2.05, 4.69) is 51.2 Å². The zero-order chi connectivity index (χ0) is 19.8. The van der Waals surface area contributed by atoms with E-state index in [1.807, 2.05) is 0 Å². The third-order valence-electron chi connectivity index (χ3n) is 5.92. The second-order valence-corrected chi connectivity index (χ2v) is 8.76. The van der Waals surface area contributed by atoms with Crippen LogP contribution in [0.15, 0.2) is 42.5 Å². The minimum atomic E-state index is -0.914. The lowest BCUT2D eigenvalue weighted by molar-refractivity contribution is 0.0582. The Morgan fingerprint density at radius 3 is 2.37 bits per heavy atom. The summed E-state index contributed by atoms with van der Waals surface area (Å²) < 4.78 is 0. The van der Waals surface area contributed by atoms with Crippen LogP contribution in [-0.2, 0) is 17.3 Å².